The van der Waals surface area contributed by atoms with E-state index in [0.29, 0.717) is 36.0 Å². The number of ether oxygens (including phenoxy) is 2. The first kappa shape index (κ1) is 29.3. The second-order valence-electron chi connectivity index (χ2n) is 10.7. The Balaban J connectivity index is 1.39. The van der Waals surface area contributed by atoms with Gasteiger partial charge >= 0.3 is 0 Å². The number of halogens is 1. The van der Waals surface area contributed by atoms with E-state index >= 15 is 0 Å². The van der Waals surface area contributed by atoms with Crippen LogP contribution in [0.1, 0.15) is 36.8 Å². The number of benzene rings is 3. The molecule has 0 radical (unpaired) electrons. The molecular formula is C32H38FN5O4. The number of amides is 2. The van der Waals surface area contributed by atoms with Gasteiger partial charge in [0.1, 0.15) is 17.3 Å². The van der Waals surface area contributed by atoms with Crippen LogP contribution in [0.15, 0.2) is 60.7 Å². The Labute approximate surface area is 245 Å². The fraction of sp³-hybridized carbons (Fsp3) is 0.375. The van der Waals surface area contributed by atoms with Crippen molar-refractivity contribution < 1.29 is 23.5 Å². The topological polar surface area (TPSA) is 104 Å². The van der Waals surface area contributed by atoms with Gasteiger partial charge < -0.3 is 35.6 Å². The van der Waals surface area contributed by atoms with Gasteiger partial charge in [0.25, 0.3) is 0 Å². The summed E-state index contributed by atoms with van der Waals surface area (Å²) in [6.45, 7) is 2.60. The molecule has 0 aromatic heterocycles. The number of nitrogens with zero attached hydrogens (tertiary/aromatic N) is 1. The summed E-state index contributed by atoms with van der Waals surface area (Å²) in [7, 11) is 3.15. The number of hydrogen-bond acceptors (Lipinski definition) is 7. The predicted octanol–water partition coefficient (Wildman–Crippen LogP) is 4.43. The molecule has 3 aromatic carbocycles. The largest absolute Gasteiger partial charge is 0.495 e. The van der Waals surface area contributed by atoms with Crippen LogP contribution in [-0.4, -0.2) is 51.2 Å². The number of methoxy groups -OCH3 is 2. The van der Waals surface area contributed by atoms with E-state index in [4.69, 9.17) is 9.47 Å². The summed E-state index contributed by atoms with van der Waals surface area (Å²) in [5, 5.41) is 12.5. The quantitative estimate of drug-likeness (QED) is 0.268. The average molecular weight is 576 g/mol. The Bertz CT molecular complexity index is 1300. The van der Waals surface area contributed by atoms with Gasteiger partial charge in [0.15, 0.2) is 0 Å². The molecule has 2 aliphatic rings. The van der Waals surface area contributed by atoms with Crippen molar-refractivity contribution in [2.45, 2.75) is 50.9 Å². The van der Waals surface area contributed by atoms with E-state index in [1.165, 1.54) is 12.1 Å². The summed E-state index contributed by atoms with van der Waals surface area (Å²) in [5.74, 6) is 0.665. The van der Waals surface area contributed by atoms with Crippen molar-refractivity contribution in [3.63, 3.8) is 0 Å². The van der Waals surface area contributed by atoms with E-state index in [9.17, 15) is 14.0 Å². The number of hydrogen-bond donors (Lipinski definition) is 4. The van der Waals surface area contributed by atoms with Crippen LogP contribution in [0.2, 0.25) is 0 Å². The van der Waals surface area contributed by atoms with E-state index < -0.39 is 0 Å². The van der Waals surface area contributed by atoms with Crippen LogP contribution < -0.4 is 35.6 Å². The lowest BCUT2D eigenvalue weighted by Gasteiger charge is -2.26. The molecule has 9 nitrogen and oxygen atoms in total. The smallest absolute Gasteiger partial charge is 0.241 e. The minimum absolute atomic E-state index is 0.0843. The molecule has 0 saturated carbocycles. The highest BCUT2D eigenvalue weighted by atomic mass is 19.1. The van der Waals surface area contributed by atoms with Gasteiger partial charge in [0.2, 0.25) is 11.8 Å². The molecule has 0 aliphatic carbocycles. The van der Waals surface area contributed by atoms with Crippen LogP contribution in [0.25, 0.3) is 0 Å². The summed E-state index contributed by atoms with van der Waals surface area (Å²) in [6.07, 6.45) is 3.54. The highest BCUT2D eigenvalue weighted by molar-refractivity contribution is 5.97. The first-order valence-corrected chi connectivity index (χ1v) is 14.4. The summed E-state index contributed by atoms with van der Waals surface area (Å²) < 4.78 is 24.9. The van der Waals surface area contributed by atoms with E-state index in [1.807, 2.05) is 36.4 Å². The zero-order valence-electron chi connectivity index (χ0n) is 24.0. The van der Waals surface area contributed by atoms with Crippen LogP contribution in [-0.2, 0) is 22.7 Å². The van der Waals surface area contributed by atoms with Gasteiger partial charge in [-0.3, -0.25) is 9.59 Å². The number of carbonyl (C=O) groups is 2. The molecule has 3 aromatic rings. The average Bonchev–Trinajstić information content (AvgIpc) is 3.73. The molecule has 0 spiro atoms. The predicted molar refractivity (Wildman–Crippen MR) is 162 cm³/mol. The summed E-state index contributed by atoms with van der Waals surface area (Å²) in [4.78, 5) is 27.8. The molecule has 2 fully saturated rings. The van der Waals surface area contributed by atoms with Crippen LogP contribution >= 0.6 is 0 Å². The maximum absolute atomic E-state index is 13.8. The second kappa shape index (κ2) is 13.7. The van der Waals surface area contributed by atoms with Gasteiger partial charge in [-0.2, -0.15) is 0 Å². The van der Waals surface area contributed by atoms with Crippen molar-refractivity contribution in [3.05, 3.63) is 77.6 Å². The zero-order chi connectivity index (χ0) is 29.5. The van der Waals surface area contributed by atoms with E-state index in [-0.39, 0.29) is 29.7 Å². The highest BCUT2D eigenvalue weighted by Gasteiger charge is 2.24. The molecule has 2 unspecified atom stereocenters. The van der Waals surface area contributed by atoms with Crippen molar-refractivity contribution in [2.24, 2.45) is 0 Å². The lowest BCUT2D eigenvalue weighted by atomic mass is 10.1. The van der Waals surface area contributed by atoms with Gasteiger partial charge in [0.05, 0.1) is 37.7 Å². The first-order chi connectivity index (χ1) is 20.4. The SMILES string of the molecule is COc1ccc(CN(Cc2ccc(OC)c(NC(=O)C3CCCN3)c2)c2ccc(F)cc2)cc1NC(=O)C1CCCN1. The molecule has 10 heteroatoms. The van der Waals surface area contributed by atoms with Crippen LogP contribution in [0.4, 0.5) is 21.5 Å². The Morgan fingerprint density at radius 3 is 1.67 bits per heavy atom. The van der Waals surface area contributed by atoms with Gasteiger partial charge in [-0.05, 0) is 98.4 Å². The van der Waals surface area contributed by atoms with Gasteiger partial charge in [-0.15, -0.1) is 0 Å². The molecule has 2 saturated heterocycles. The Morgan fingerprint density at radius 1 is 0.786 bits per heavy atom. The van der Waals surface area contributed by atoms with E-state index in [2.05, 4.69) is 26.2 Å². The van der Waals surface area contributed by atoms with Gasteiger partial charge in [-0.1, -0.05) is 12.1 Å². The third-order valence-corrected chi connectivity index (χ3v) is 7.74. The molecule has 2 heterocycles. The molecular weight excluding hydrogens is 537 g/mol. The molecule has 4 N–H and O–H groups in total. The van der Waals surface area contributed by atoms with Crippen LogP contribution in [0, 0.1) is 5.82 Å². The molecule has 222 valence electrons. The Morgan fingerprint density at radius 2 is 1.26 bits per heavy atom. The molecule has 5 rings (SSSR count). The fourth-order valence-electron chi connectivity index (χ4n) is 5.49. The summed E-state index contributed by atoms with van der Waals surface area (Å²) in [5.41, 5.74) is 3.89. The first-order valence-electron chi connectivity index (χ1n) is 14.4. The molecule has 0 bridgehead atoms. The standard InChI is InChI=1S/C32H38FN5O4/c1-41-29-13-7-21(17-27(29)36-31(39)25-5-3-15-34-25)19-38(24-11-9-23(33)10-12-24)20-22-8-14-30(42-2)28(18-22)37-32(40)26-6-4-16-35-26/h7-14,17-18,25-26,34-35H,3-6,15-16,19-20H2,1-2H3,(H,36,39)(H,37,40). The van der Waals surface area contributed by atoms with Gasteiger partial charge in [0, 0.05) is 18.8 Å². The fourth-order valence-corrected chi connectivity index (χ4v) is 5.49. The second-order valence-corrected chi connectivity index (χ2v) is 10.7. The number of nitrogens with one attached hydrogen (secondary N) is 4. The van der Waals surface area contributed by atoms with Crippen LogP contribution in [0.3, 0.4) is 0 Å². The maximum Gasteiger partial charge on any atom is 0.241 e. The summed E-state index contributed by atoms with van der Waals surface area (Å²) >= 11 is 0. The summed E-state index contributed by atoms with van der Waals surface area (Å²) in [6, 6.07) is 17.3. The lowest BCUT2D eigenvalue weighted by molar-refractivity contribution is -0.118. The lowest BCUT2D eigenvalue weighted by Crippen LogP contribution is -2.35. The van der Waals surface area contributed by atoms with Crippen molar-refractivity contribution in [2.75, 3.05) is 42.8 Å². The third-order valence-electron chi connectivity index (χ3n) is 7.74. The number of rotatable bonds is 11. The van der Waals surface area contributed by atoms with Crippen molar-refractivity contribution >= 4 is 28.9 Å². The third kappa shape index (κ3) is 7.18. The van der Waals surface area contributed by atoms with Crippen molar-refractivity contribution in [1.29, 1.82) is 0 Å². The number of anilines is 3. The minimum atomic E-state index is -0.316. The zero-order valence-corrected chi connectivity index (χ0v) is 24.0. The highest BCUT2D eigenvalue weighted by Crippen LogP contribution is 2.31. The Hall–Kier alpha value is -4.15. The molecule has 2 aliphatic heterocycles. The van der Waals surface area contributed by atoms with E-state index in [0.717, 1.165) is 55.6 Å². The van der Waals surface area contributed by atoms with Crippen LogP contribution in [0.5, 0.6) is 11.5 Å². The van der Waals surface area contributed by atoms with E-state index in [1.54, 1.807) is 26.4 Å². The van der Waals surface area contributed by atoms with Crippen molar-refractivity contribution in [3.8, 4) is 11.5 Å². The number of carbonyl (C=O) groups excluding carboxylic acids is 2. The van der Waals surface area contributed by atoms with Crippen molar-refractivity contribution in [1.82, 2.24) is 10.6 Å². The maximum atomic E-state index is 13.8. The Kier molecular flexibility index (Phi) is 9.55. The molecule has 42 heavy (non-hydrogen) atoms. The molecule has 2 atom stereocenters. The monoisotopic (exact) mass is 575 g/mol. The normalized spacial score (nSPS) is 18.0. The minimum Gasteiger partial charge on any atom is -0.495 e. The molecule has 2 amide bonds. The van der Waals surface area contributed by atoms with Gasteiger partial charge in [-0.25, -0.2) is 4.39 Å².